The van der Waals surface area contributed by atoms with Crippen molar-refractivity contribution in [2.45, 2.75) is 19.9 Å². The third-order valence-electron chi connectivity index (χ3n) is 4.23. The van der Waals surface area contributed by atoms with E-state index in [0.717, 1.165) is 0 Å². The SMILES string of the molecule is CCOc1cc([C@@H]2NC(=O)NC(C)=C2C(=O)Nc2ccc(Cl)cc2)ccc1O. The second-order valence-corrected chi connectivity index (χ2v) is 6.63. The summed E-state index contributed by atoms with van der Waals surface area (Å²) in [4.78, 5) is 25.0. The zero-order valence-corrected chi connectivity index (χ0v) is 16.1. The van der Waals surface area contributed by atoms with Gasteiger partial charge in [0.1, 0.15) is 0 Å². The van der Waals surface area contributed by atoms with Crippen molar-refractivity contribution >= 4 is 29.2 Å². The Labute approximate surface area is 167 Å². The first-order chi connectivity index (χ1) is 13.4. The molecule has 0 aromatic heterocycles. The Kier molecular flexibility index (Phi) is 5.75. The lowest BCUT2D eigenvalue weighted by molar-refractivity contribution is -0.113. The molecule has 2 aromatic rings. The van der Waals surface area contributed by atoms with E-state index in [1.54, 1.807) is 50.2 Å². The van der Waals surface area contributed by atoms with Gasteiger partial charge in [-0.1, -0.05) is 17.7 Å². The number of carbonyl (C=O) groups is 2. The number of urea groups is 1. The van der Waals surface area contributed by atoms with Gasteiger partial charge in [-0.25, -0.2) is 4.79 Å². The molecule has 0 saturated carbocycles. The Morgan fingerprint density at radius 3 is 2.64 bits per heavy atom. The predicted octanol–water partition coefficient (Wildman–Crippen LogP) is 3.71. The summed E-state index contributed by atoms with van der Waals surface area (Å²) in [6, 6.07) is 10.3. The second-order valence-electron chi connectivity index (χ2n) is 6.19. The number of halogens is 1. The van der Waals surface area contributed by atoms with Crippen molar-refractivity contribution in [3.63, 3.8) is 0 Å². The Balaban J connectivity index is 1.95. The van der Waals surface area contributed by atoms with Crippen molar-refractivity contribution in [1.29, 1.82) is 0 Å². The van der Waals surface area contributed by atoms with E-state index in [-0.39, 0.29) is 17.4 Å². The molecule has 0 radical (unpaired) electrons. The maximum absolute atomic E-state index is 13.0. The van der Waals surface area contributed by atoms with Gasteiger partial charge >= 0.3 is 6.03 Å². The third-order valence-corrected chi connectivity index (χ3v) is 4.48. The van der Waals surface area contributed by atoms with Crippen molar-refractivity contribution < 1.29 is 19.4 Å². The van der Waals surface area contributed by atoms with Crippen molar-refractivity contribution in [3.05, 3.63) is 64.3 Å². The highest BCUT2D eigenvalue weighted by Gasteiger charge is 2.31. The van der Waals surface area contributed by atoms with Gasteiger partial charge in [-0.15, -0.1) is 0 Å². The Morgan fingerprint density at radius 2 is 1.96 bits per heavy atom. The molecule has 0 bridgehead atoms. The largest absolute Gasteiger partial charge is 0.504 e. The van der Waals surface area contributed by atoms with Gasteiger partial charge in [0.05, 0.1) is 18.2 Å². The van der Waals surface area contributed by atoms with Gasteiger partial charge in [0.2, 0.25) is 0 Å². The van der Waals surface area contributed by atoms with Crippen molar-refractivity contribution in [2.75, 3.05) is 11.9 Å². The molecule has 0 spiro atoms. The van der Waals surface area contributed by atoms with E-state index in [4.69, 9.17) is 16.3 Å². The molecule has 1 atom stereocenters. The topological polar surface area (TPSA) is 99.7 Å². The molecule has 0 unspecified atom stereocenters. The maximum Gasteiger partial charge on any atom is 0.319 e. The first-order valence-electron chi connectivity index (χ1n) is 8.70. The fourth-order valence-electron chi connectivity index (χ4n) is 2.96. The molecule has 4 N–H and O–H groups in total. The van der Waals surface area contributed by atoms with Gasteiger partial charge in [-0.05, 0) is 55.8 Å². The quantitative estimate of drug-likeness (QED) is 0.613. The highest BCUT2D eigenvalue weighted by molar-refractivity contribution is 6.30. The third kappa shape index (κ3) is 4.20. The summed E-state index contributed by atoms with van der Waals surface area (Å²) in [5, 5.41) is 18.7. The minimum atomic E-state index is -0.708. The predicted molar refractivity (Wildman–Crippen MR) is 106 cm³/mol. The molecule has 1 aliphatic heterocycles. The van der Waals surface area contributed by atoms with Crippen LogP contribution in [-0.2, 0) is 4.79 Å². The standard InChI is InChI=1S/C20H20ClN3O4/c1-3-28-16-10-12(4-9-15(16)25)18-17(11(2)22-20(27)24-18)19(26)23-14-7-5-13(21)6-8-14/h4-10,18,25H,3H2,1-2H3,(H,23,26)(H2,22,24,27)/t18-/m0/s1. The van der Waals surface area contributed by atoms with Crippen LogP contribution in [0.3, 0.4) is 0 Å². The monoisotopic (exact) mass is 401 g/mol. The molecule has 28 heavy (non-hydrogen) atoms. The lowest BCUT2D eigenvalue weighted by Crippen LogP contribution is -2.45. The molecule has 8 heteroatoms. The van der Waals surface area contributed by atoms with E-state index in [0.29, 0.717) is 34.2 Å². The molecule has 0 fully saturated rings. The Bertz CT molecular complexity index is 941. The number of rotatable bonds is 5. The fourth-order valence-corrected chi connectivity index (χ4v) is 3.08. The summed E-state index contributed by atoms with van der Waals surface area (Å²) in [6.45, 7) is 3.83. The Hall–Kier alpha value is -3.19. The van der Waals surface area contributed by atoms with E-state index in [1.807, 2.05) is 0 Å². The zero-order chi connectivity index (χ0) is 20.3. The molecule has 1 aliphatic rings. The summed E-state index contributed by atoms with van der Waals surface area (Å²) in [7, 11) is 0. The first kappa shape index (κ1) is 19.6. The Morgan fingerprint density at radius 1 is 1.25 bits per heavy atom. The van der Waals surface area contributed by atoms with E-state index < -0.39 is 12.1 Å². The molecule has 3 amide bonds. The smallest absolute Gasteiger partial charge is 0.319 e. The highest BCUT2D eigenvalue weighted by atomic mass is 35.5. The highest BCUT2D eigenvalue weighted by Crippen LogP contribution is 2.34. The summed E-state index contributed by atoms with van der Waals surface area (Å²) < 4.78 is 5.42. The average molecular weight is 402 g/mol. The van der Waals surface area contributed by atoms with Crippen molar-refractivity contribution in [3.8, 4) is 11.5 Å². The van der Waals surface area contributed by atoms with Crippen LogP contribution in [0.2, 0.25) is 5.02 Å². The number of amides is 3. The van der Waals surface area contributed by atoms with Gasteiger partial charge < -0.3 is 25.8 Å². The van der Waals surface area contributed by atoms with Crippen LogP contribution in [0.1, 0.15) is 25.5 Å². The number of hydrogen-bond donors (Lipinski definition) is 4. The van der Waals surface area contributed by atoms with Gasteiger partial charge in [0, 0.05) is 16.4 Å². The summed E-state index contributed by atoms with van der Waals surface area (Å²) in [5.41, 5.74) is 1.97. The molecule has 0 saturated heterocycles. The number of carbonyl (C=O) groups excluding carboxylic acids is 2. The van der Waals surface area contributed by atoms with Gasteiger partial charge in [0.25, 0.3) is 5.91 Å². The normalized spacial score (nSPS) is 16.2. The maximum atomic E-state index is 13.0. The summed E-state index contributed by atoms with van der Waals surface area (Å²) in [5.74, 6) is -0.107. The van der Waals surface area contributed by atoms with Crippen LogP contribution >= 0.6 is 11.6 Å². The van der Waals surface area contributed by atoms with Crippen LogP contribution < -0.4 is 20.7 Å². The van der Waals surface area contributed by atoms with E-state index >= 15 is 0 Å². The van der Waals surface area contributed by atoms with Crippen LogP contribution in [0.4, 0.5) is 10.5 Å². The average Bonchev–Trinajstić information content (AvgIpc) is 2.65. The minimum Gasteiger partial charge on any atom is -0.504 e. The number of ether oxygens (including phenoxy) is 1. The molecule has 7 nitrogen and oxygen atoms in total. The summed E-state index contributed by atoms with van der Waals surface area (Å²) >= 11 is 5.88. The summed E-state index contributed by atoms with van der Waals surface area (Å²) in [6.07, 6.45) is 0. The van der Waals surface area contributed by atoms with Crippen molar-refractivity contribution in [1.82, 2.24) is 10.6 Å². The number of phenols is 1. The number of nitrogens with one attached hydrogen (secondary N) is 3. The molecule has 1 heterocycles. The van der Waals surface area contributed by atoms with E-state index in [1.165, 1.54) is 6.07 Å². The molecule has 3 rings (SSSR count). The van der Waals surface area contributed by atoms with Crippen LogP contribution in [0.15, 0.2) is 53.7 Å². The number of allylic oxidation sites excluding steroid dienone is 1. The second kappa shape index (κ2) is 8.22. The number of phenolic OH excluding ortho intramolecular Hbond substituents is 1. The first-order valence-corrected chi connectivity index (χ1v) is 9.07. The van der Waals surface area contributed by atoms with Gasteiger partial charge in [-0.3, -0.25) is 4.79 Å². The number of aromatic hydroxyl groups is 1. The lowest BCUT2D eigenvalue weighted by Gasteiger charge is -2.29. The number of anilines is 1. The van der Waals surface area contributed by atoms with Crippen LogP contribution in [0.5, 0.6) is 11.5 Å². The van der Waals surface area contributed by atoms with E-state index in [2.05, 4.69) is 16.0 Å². The van der Waals surface area contributed by atoms with Gasteiger partial charge in [0.15, 0.2) is 11.5 Å². The zero-order valence-electron chi connectivity index (χ0n) is 15.4. The van der Waals surface area contributed by atoms with Crippen LogP contribution in [0.25, 0.3) is 0 Å². The fraction of sp³-hybridized carbons (Fsp3) is 0.200. The van der Waals surface area contributed by atoms with Crippen molar-refractivity contribution in [2.24, 2.45) is 0 Å². The number of benzene rings is 2. The number of hydrogen-bond acceptors (Lipinski definition) is 4. The van der Waals surface area contributed by atoms with Crippen LogP contribution in [-0.4, -0.2) is 23.7 Å². The molecule has 2 aromatic carbocycles. The molecular formula is C20H20ClN3O4. The molecule has 0 aliphatic carbocycles. The molecule has 146 valence electrons. The lowest BCUT2D eigenvalue weighted by atomic mass is 9.94. The van der Waals surface area contributed by atoms with Gasteiger partial charge in [-0.2, -0.15) is 0 Å². The minimum absolute atomic E-state index is 0.0151. The van der Waals surface area contributed by atoms with Crippen LogP contribution in [0, 0.1) is 0 Å². The molecular weight excluding hydrogens is 382 g/mol. The van der Waals surface area contributed by atoms with E-state index in [9.17, 15) is 14.7 Å².